The minimum atomic E-state index is -0.820. The fourth-order valence-electron chi connectivity index (χ4n) is 1.89. The molecule has 1 aliphatic heterocycles. The van der Waals surface area contributed by atoms with Crippen LogP contribution in [0.4, 0.5) is 14.9 Å². The van der Waals surface area contributed by atoms with Crippen molar-refractivity contribution in [1.29, 1.82) is 0 Å². The van der Waals surface area contributed by atoms with Gasteiger partial charge in [-0.25, -0.2) is 9.18 Å². The first-order valence-corrected chi connectivity index (χ1v) is 7.26. The number of carbonyl (C=O) groups excluding carboxylic acids is 1. The maximum atomic E-state index is 13.3. The third-order valence-electron chi connectivity index (χ3n) is 3.18. The molecule has 3 N–H and O–H groups in total. The molecule has 104 valence electrons. The van der Waals surface area contributed by atoms with Gasteiger partial charge in [-0.3, -0.25) is 0 Å². The number of hydrogen-bond acceptors (Lipinski definition) is 3. The van der Waals surface area contributed by atoms with E-state index in [0.29, 0.717) is 23.4 Å². The van der Waals surface area contributed by atoms with E-state index in [4.69, 9.17) is 0 Å². The number of aliphatic hydroxyl groups is 1. The molecule has 0 aliphatic carbocycles. The monoisotopic (exact) mass is 284 g/mol. The molecule has 2 rings (SSSR count). The van der Waals surface area contributed by atoms with Crippen LogP contribution in [0.3, 0.4) is 0 Å². The predicted octanol–water partition coefficient (Wildman–Crippen LogP) is 2.12. The molecule has 0 bridgehead atoms. The smallest absolute Gasteiger partial charge is 0.319 e. The van der Waals surface area contributed by atoms with Gasteiger partial charge in [0, 0.05) is 23.5 Å². The van der Waals surface area contributed by atoms with E-state index < -0.39 is 11.6 Å². The van der Waals surface area contributed by atoms with E-state index in [2.05, 4.69) is 10.6 Å². The van der Waals surface area contributed by atoms with Crippen LogP contribution < -0.4 is 10.6 Å². The van der Waals surface area contributed by atoms with Crippen molar-refractivity contribution < 1.29 is 14.3 Å². The van der Waals surface area contributed by atoms with Crippen molar-refractivity contribution in [3.05, 3.63) is 29.6 Å². The van der Waals surface area contributed by atoms with Crippen LogP contribution >= 0.6 is 11.8 Å². The number of anilines is 1. The normalized spacial score (nSPS) is 22.3. The molecule has 1 fully saturated rings. The summed E-state index contributed by atoms with van der Waals surface area (Å²) in [6.07, 6.45) is 0.678. The van der Waals surface area contributed by atoms with Crippen LogP contribution in [-0.4, -0.2) is 34.8 Å². The number of rotatable bonds is 3. The van der Waals surface area contributed by atoms with Crippen LogP contribution in [0.25, 0.3) is 0 Å². The summed E-state index contributed by atoms with van der Waals surface area (Å²) in [7, 11) is 0. The van der Waals surface area contributed by atoms with Crippen molar-refractivity contribution in [2.45, 2.75) is 18.9 Å². The van der Waals surface area contributed by atoms with Crippen LogP contribution in [-0.2, 0) is 0 Å². The van der Waals surface area contributed by atoms with Crippen molar-refractivity contribution in [2.24, 2.45) is 0 Å². The molecule has 1 atom stereocenters. The number of halogens is 1. The minimum absolute atomic E-state index is 0.209. The van der Waals surface area contributed by atoms with E-state index in [-0.39, 0.29) is 12.4 Å². The number of thioether (sulfide) groups is 1. The molecular formula is C13H17FN2O2S. The molecule has 0 saturated carbocycles. The lowest BCUT2D eigenvalue weighted by Crippen LogP contribution is -2.44. The van der Waals surface area contributed by atoms with Crippen LogP contribution in [0.1, 0.15) is 12.0 Å². The number of urea groups is 1. The van der Waals surface area contributed by atoms with E-state index in [1.165, 1.54) is 6.07 Å². The second-order valence-corrected chi connectivity index (χ2v) is 5.85. The van der Waals surface area contributed by atoms with Gasteiger partial charge in [-0.1, -0.05) is 6.07 Å². The van der Waals surface area contributed by atoms with E-state index in [1.807, 2.05) is 0 Å². The second-order valence-electron chi connectivity index (χ2n) is 4.75. The highest BCUT2D eigenvalue weighted by atomic mass is 32.2. The molecule has 1 aromatic rings. The Morgan fingerprint density at radius 3 is 3.05 bits per heavy atom. The summed E-state index contributed by atoms with van der Waals surface area (Å²) >= 11 is 1.67. The minimum Gasteiger partial charge on any atom is -0.387 e. The van der Waals surface area contributed by atoms with Crippen LogP contribution in [0.2, 0.25) is 0 Å². The Morgan fingerprint density at radius 2 is 2.37 bits per heavy atom. The summed E-state index contributed by atoms with van der Waals surface area (Å²) in [5.74, 6) is 1.18. The highest BCUT2D eigenvalue weighted by Gasteiger charge is 2.31. The highest BCUT2D eigenvalue weighted by Crippen LogP contribution is 2.27. The molecule has 0 aromatic heterocycles. The Morgan fingerprint density at radius 1 is 1.58 bits per heavy atom. The van der Waals surface area contributed by atoms with E-state index in [0.717, 1.165) is 5.75 Å². The topological polar surface area (TPSA) is 61.4 Å². The lowest BCUT2D eigenvalue weighted by atomic mass is 10.0. The van der Waals surface area contributed by atoms with E-state index in [1.54, 1.807) is 30.8 Å². The van der Waals surface area contributed by atoms with Crippen molar-refractivity contribution in [3.63, 3.8) is 0 Å². The van der Waals surface area contributed by atoms with Crippen molar-refractivity contribution in [2.75, 3.05) is 23.4 Å². The number of amides is 2. The molecule has 0 radical (unpaired) electrons. The van der Waals surface area contributed by atoms with Gasteiger partial charge in [-0.05, 0) is 31.2 Å². The van der Waals surface area contributed by atoms with Gasteiger partial charge in [-0.15, -0.1) is 0 Å². The Labute approximate surface area is 115 Å². The summed E-state index contributed by atoms with van der Waals surface area (Å²) in [6, 6.07) is 4.09. The van der Waals surface area contributed by atoms with E-state index >= 15 is 0 Å². The molecule has 1 aromatic carbocycles. The van der Waals surface area contributed by atoms with Gasteiger partial charge < -0.3 is 15.7 Å². The first-order chi connectivity index (χ1) is 9.00. The second kappa shape index (κ2) is 5.79. The van der Waals surface area contributed by atoms with Crippen LogP contribution in [0.15, 0.2) is 18.2 Å². The average Bonchev–Trinajstić information content (AvgIpc) is 2.80. The number of hydrogen-bond donors (Lipinski definition) is 3. The van der Waals surface area contributed by atoms with Crippen LogP contribution in [0, 0.1) is 12.7 Å². The molecule has 4 nitrogen and oxygen atoms in total. The number of carbonyl (C=O) groups is 1. The number of benzene rings is 1. The predicted molar refractivity (Wildman–Crippen MR) is 75.1 cm³/mol. The maximum absolute atomic E-state index is 13.3. The Bertz CT molecular complexity index is 476. The van der Waals surface area contributed by atoms with Crippen molar-refractivity contribution in [1.82, 2.24) is 5.32 Å². The first-order valence-electron chi connectivity index (χ1n) is 6.10. The molecule has 0 spiro atoms. The van der Waals surface area contributed by atoms with Crippen LogP contribution in [0.5, 0.6) is 0 Å². The SMILES string of the molecule is Cc1c(F)cccc1NC(=O)NCC1(O)CCSC1. The number of nitrogens with one attached hydrogen (secondary N) is 2. The van der Waals surface area contributed by atoms with Gasteiger partial charge in [0.1, 0.15) is 5.82 Å². The fourth-order valence-corrected chi connectivity index (χ4v) is 3.19. The third-order valence-corrected chi connectivity index (χ3v) is 4.41. The average molecular weight is 284 g/mol. The van der Waals surface area contributed by atoms with Gasteiger partial charge in [-0.2, -0.15) is 11.8 Å². The van der Waals surface area contributed by atoms with Crippen molar-refractivity contribution >= 4 is 23.5 Å². The summed E-state index contributed by atoms with van der Waals surface area (Å²) < 4.78 is 13.3. The zero-order valence-corrected chi connectivity index (χ0v) is 11.5. The molecular weight excluding hydrogens is 267 g/mol. The maximum Gasteiger partial charge on any atom is 0.319 e. The van der Waals surface area contributed by atoms with Gasteiger partial charge in [0.25, 0.3) is 0 Å². The third kappa shape index (κ3) is 3.61. The lowest BCUT2D eigenvalue weighted by molar-refractivity contribution is 0.0706. The highest BCUT2D eigenvalue weighted by molar-refractivity contribution is 7.99. The standard InChI is InChI=1S/C13H17FN2O2S/c1-9-10(14)3-2-4-11(9)16-12(17)15-7-13(18)5-6-19-8-13/h2-4,18H,5-8H2,1H3,(H2,15,16,17). The quantitative estimate of drug-likeness (QED) is 0.797. The van der Waals surface area contributed by atoms with Gasteiger partial charge >= 0.3 is 6.03 Å². The van der Waals surface area contributed by atoms with E-state index in [9.17, 15) is 14.3 Å². The Kier molecular flexibility index (Phi) is 4.31. The summed E-state index contributed by atoms with van der Waals surface area (Å²) in [5.41, 5.74) is 0.0111. The molecule has 19 heavy (non-hydrogen) atoms. The largest absolute Gasteiger partial charge is 0.387 e. The molecule has 1 unspecified atom stereocenters. The zero-order chi connectivity index (χ0) is 13.9. The lowest BCUT2D eigenvalue weighted by Gasteiger charge is -2.21. The summed E-state index contributed by atoms with van der Waals surface area (Å²) in [5, 5.41) is 15.3. The molecule has 2 amide bonds. The Hall–Kier alpha value is -1.27. The molecule has 1 heterocycles. The van der Waals surface area contributed by atoms with Gasteiger partial charge in [0.2, 0.25) is 0 Å². The molecule has 6 heteroatoms. The van der Waals surface area contributed by atoms with Gasteiger partial charge in [0.05, 0.1) is 5.60 Å². The summed E-state index contributed by atoms with van der Waals surface area (Å²) in [4.78, 5) is 11.7. The summed E-state index contributed by atoms with van der Waals surface area (Å²) in [6.45, 7) is 1.81. The van der Waals surface area contributed by atoms with Gasteiger partial charge in [0.15, 0.2) is 0 Å². The first kappa shape index (κ1) is 14.1. The molecule has 1 aliphatic rings. The Balaban J connectivity index is 1.89. The van der Waals surface area contributed by atoms with Crippen molar-refractivity contribution in [3.8, 4) is 0 Å². The zero-order valence-electron chi connectivity index (χ0n) is 10.7. The fraction of sp³-hybridized carbons (Fsp3) is 0.462. The molecule has 1 saturated heterocycles.